The van der Waals surface area contributed by atoms with Gasteiger partial charge in [0.1, 0.15) is 5.15 Å². The summed E-state index contributed by atoms with van der Waals surface area (Å²) in [6, 6.07) is 2.63. The lowest BCUT2D eigenvalue weighted by Gasteiger charge is -2.20. The van der Waals surface area contributed by atoms with Crippen molar-refractivity contribution in [1.82, 2.24) is 9.88 Å². The van der Waals surface area contributed by atoms with Gasteiger partial charge in [0, 0.05) is 18.8 Å². The number of rotatable bonds is 4. The second kappa shape index (κ2) is 5.80. The van der Waals surface area contributed by atoms with Crippen molar-refractivity contribution >= 4 is 11.6 Å². The molecule has 1 aliphatic rings. The lowest BCUT2D eigenvalue weighted by atomic mass is 10.0. The predicted molar refractivity (Wildman–Crippen MR) is 69.3 cm³/mol. The summed E-state index contributed by atoms with van der Waals surface area (Å²) in [5.74, 6) is 0. The minimum Gasteiger partial charge on any atom is -0.396 e. The Hall–Kier alpha value is -0.640. The standard InChI is InChI=1S/C13H19ClN2O/c1-16-6-2-5-12(16)11-8-10(4-3-7-17)13(14)15-9-11/h8-9,12,17H,2-7H2,1H3/t12-/m0/s1. The van der Waals surface area contributed by atoms with E-state index >= 15 is 0 Å². The highest BCUT2D eigenvalue weighted by Crippen LogP contribution is 2.31. The van der Waals surface area contributed by atoms with Gasteiger partial charge in [0.05, 0.1) is 0 Å². The average Bonchev–Trinajstić information content (AvgIpc) is 2.75. The van der Waals surface area contributed by atoms with Crippen LogP contribution in [-0.4, -0.2) is 35.2 Å². The minimum absolute atomic E-state index is 0.198. The van der Waals surface area contributed by atoms with Gasteiger partial charge >= 0.3 is 0 Å². The Balaban J connectivity index is 2.17. The summed E-state index contributed by atoms with van der Waals surface area (Å²) in [6.07, 6.45) is 5.87. The molecule has 1 saturated heterocycles. The maximum atomic E-state index is 8.87. The van der Waals surface area contributed by atoms with E-state index < -0.39 is 0 Å². The fraction of sp³-hybridized carbons (Fsp3) is 0.615. The van der Waals surface area contributed by atoms with Gasteiger partial charge in [-0.3, -0.25) is 4.90 Å². The molecule has 1 atom stereocenters. The predicted octanol–water partition coefficient (Wildman–Crippen LogP) is 2.43. The number of pyridine rings is 1. The van der Waals surface area contributed by atoms with E-state index in [-0.39, 0.29) is 6.61 Å². The van der Waals surface area contributed by atoms with Gasteiger partial charge in [-0.25, -0.2) is 4.98 Å². The minimum atomic E-state index is 0.198. The first-order chi connectivity index (χ1) is 8.22. The third kappa shape index (κ3) is 2.97. The molecule has 0 aliphatic carbocycles. The van der Waals surface area contributed by atoms with E-state index in [1.165, 1.54) is 18.4 Å². The molecule has 0 amide bonds. The van der Waals surface area contributed by atoms with Gasteiger partial charge in [-0.05, 0) is 56.5 Å². The Bertz CT molecular complexity index is 384. The number of nitrogens with zero attached hydrogens (tertiary/aromatic N) is 2. The lowest BCUT2D eigenvalue weighted by Crippen LogP contribution is -2.17. The molecule has 0 radical (unpaired) electrons. The molecule has 2 rings (SSSR count). The molecule has 1 N–H and O–H groups in total. The van der Waals surface area contributed by atoms with E-state index in [9.17, 15) is 0 Å². The van der Waals surface area contributed by atoms with Crippen molar-refractivity contribution in [2.24, 2.45) is 0 Å². The van der Waals surface area contributed by atoms with E-state index in [4.69, 9.17) is 16.7 Å². The fourth-order valence-electron chi connectivity index (χ4n) is 2.47. The highest BCUT2D eigenvalue weighted by atomic mass is 35.5. The van der Waals surface area contributed by atoms with Crippen LogP contribution in [0.3, 0.4) is 0 Å². The molecule has 1 aromatic rings. The molecular weight excluding hydrogens is 236 g/mol. The summed E-state index contributed by atoms with van der Waals surface area (Å²) in [5, 5.41) is 9.44. The first kappa shape index (κ1) is 12.8. The van der Waals surface area contributed by atoms with Crippen LogP contribution in [0.25, 0.3) is 0 Å². The molecular formula is C13H19ClN2O. The number of halogens is 1. The van der Waals surface area contributed by atoms with Crippen molar-refractivity contribution in [3.8, 4) is 0 Å². The Kier molecular flexibility index (Phi) is 4.37. The second-order valence-corrected chi connectivity index (χ2v) is 5.04. The van der Waals surface area contributed by atoms with E-state index in [2.05, 4.69) is 23.0 Å². The smallest absolute Gasteiger partial charge is 0.132 e. The van der Waals surface area contributed by atoms with Crippen LogP contribution in [0.15, 0.2) is 12.3 Å². The number of aliphatic hydroxyl groups excluding tert-OH is 1. The first-order valence-corrected chi connectivity index (χ1v) is 6.55. The molecule has 94 valence electrons. The normalized spacial score (nSPS) is 21.0. The van der Waals surface area contributed by atoms with Gasteiger partial charge < -0.3 is 5.11 Å². The van der Waals surface area contributed by atoms with Gasteiger partial charge in [0.2, 0.25) is 0 Å². The third-order valence-corrected chi connectivity index (χ3v) is 3.78. The first-order valence-electron chi connectivity index (χ1n) is 6.18. The summed E-state index contributed by atoms with van der Waals surface area (Å²) in [7, 11) is 2.15. The number of aryl methyl sites for hydroxylation is 1. The van der Waals surface area contributed by atoms with Crippen molar-refractivity contribution < 1.29 is 5.11 Å². The van der Waals surface area contributed by atoms with E-state index in [0.717, 1.165) is 24.9 Å². The van der Waals surface area contributed by atoms with E-state index in [1.54, 1.807) is 0 Å². The topological polar surface area (TPSA) is 36.4 Å². The van der Waals surface area contributed by atoms with Crippen LogP contribution >= 0.6 is 11.6 Å². The summed E-state index contributed by atoms with van der Waals surface area (Å²) < 4.78 is 0. The van der Waals surface area contributed by atoms with Gasteiger partial charge in [0.15, 0.2) is 0 Å². The highest BCUT2D eigenvalue weighted by molar-refractivity contribution is 6.30. The Morgan fingerprint density at radius 3 is 3.06 bits per heavy atom. The molecule has 2 heterocycles. The van der Waals surface area contributed by atoms with Crippen LogP contribution in [0.5, 0.6) is 0 Å². The van der Waals surface area contributed by atoms with E-state index in [0.29, 0.717) is 11.2 Å². The van der Waals surface area contributed by atoms with Crippen molar-refractivity contribution in [2.45, 2.75) is 31.7 Å². The maximum Gasteiger partial charge on any atom is 0.132 e. The zero-order chi connectivity index (χ0) is 12.3. The molecule has 0 spiro atoms. The van der Waals surface area contributed by atoms with Crippen LogP contribution in [0.2, 0.25) is 5.15 Å². The molecule has 0 saturated carbocycles. The number of likely N-dealkylation sites (tertiary alicyclic amines) is 1. The van der Waals surface area contributed by atoms with Gasteiger partial charge in [0.25, 0.3) is 0 Å². The molecule has 1 fully saturated rings. The van der Waals surface area contributed by atoms with Crippen molar-refractivity contribution in [3.05, 3.63) is 28.5 Å². The monoisotopic (exact) mass is 254 g/mol. The third-order valence-electron chi connectivity index (χ3n) is 3.44. The summed E-state index contributed by atoms with van der Waals surface area (Å²) in [4.78, 5) is 6.63. The molecule has 1 aliphatic heterocycles. The lowest BCUT2D eigenvalue weighted by molar-refractivity contribution is 0.288. The number of hydrogen-bond donors (Lipinski definition) is 1. The number of aliphatic hydroxyl groups is 1. The van der Waals surface area contributed by atoms with Gasteiger partial charge in [-0.2, -0.15) is 0 Å². The molecule has 0 aromatic carbocycles. The average molecular weight is 255 g/mol. The van der Waals surface area contributed by atoms with E-state index in [1.807, 2.05) is 6.20 Å². The number of hydrogen-bond acceptors (Lipinski definition) is 3. The van der Waals surface area contributed by atoms with Crippen molar-refractivity contribution in [3.63, 3.8) is 0 Å². The summed E-state index contributed by atoms with van der Waals surface area (Å²) in [6.45, 7) is 1.35. The molecule has 17 heavy (non-hydrogen) atoms. The van der Waals surface area contributed by atoms with Gasteiger partial charge in [-0.15, -0.1) is 0 Å². The maximum absolute atomic E-state index is 8.87. The molecule has 0 unspecified atom stereocenters. The van der Waals surface area contributed by atoms with Crippen LogP contribution in [-0.2, 0) is 6.42 Å². The number of aromatic nitrogens is 1. The fourth-order valence-corrected chi connectivity index (χ4v) is 2.67. The van der Waals surface area contributed by atoms with Crippen LogP contribution < -0.4 is 0 Å². The SMILES string of the molecule is CN1CCC[C@H]1c1cnc(Cl)c(CCCO)c1. The van der Waals surface area contributed by atoms with Crippen LogP contribution in [0.1, 0.15) is 36.4 Å². The molecule has 0 bridgehead atoms. The van der Waals surface area contributed by atoms with Gasteiger partial charge in [-0.1, -0.05) is 11.6 Å². The van der Waals surface area contributed by atoms with Crippen LogP contribution in [0, 0.1) is 0 Å². The largest absolute Gasteiger partial charge is 0.396 e. The Labute approximate surface area is 107 Å². The highest BCUT2D eigenvalue weighted by Gasteiger charge is 2.23. The summed E-state index contributed by atoms with van der Waals surface area (Å²) in [5.41, 5.74) is 2.31. The van der Waals surface area contributed by atoms with Crippen molar-refractivity contribution in [1.29, 1.82) is 0 Å². The molecule has 3 nitrogen and oxygen atoms in total. The summed E-state index contributed by atoms with van der Waals surface area (Å²) >= 11 is 6.07. The second-order valence-electron chi connectivity index (χ2n) is 4.68. The Morgan fingerprint density at radius 1 is 1.59 bits per heavy atom. The zero-order valence-electron chi connectivity index (χ0n) is 10.2. The van der Waals surface area contributed by atoms with Crippen molar-refractivity contribution in [2.75, 3.05) is 20.2 Å². The van der Waals surface area contributed by atoms with Crippen LogP contribution in [0.4, 0.5) is 0 Å². The molecule has 1 aromatic heterocycles. The quantitative estimate of drug-likeness (QED) is 0.839. The zero-order valence-corrected chi connectivity index (χ0v) is 11.0. The molecule has 4 heteroatoms. The Morgan fingerprint density at radius 2 is 2.41 bits per heavy atom.